The van der Waals surface area contributed by atoms with Crippen LogP contribution in [0.15, 0.2) is 59.6 Å². The Bertz CT molecular complexity index is 1120. The van der Waals surface area contributed by atoms with E-state index in [-0.39, 0.29) is 39.7 Å². The van der Waals surface area contributed by atoms with E-state index in [9.17, 15) is 15.3 Å². The number of phenols is 3. The zero-order valence-corrected chi connectivity index (χ0v) is 22.5. The molecule has 0 aliphatic rings. The molecule has 36 heavy (non-hydrogen) atoms. The molecule has 0 fully saturated rings. The first-order chi connectivity index (χ1) is 16.7. The van der Waals surface area contributed by atoms with Crippen molar-refractivity contribution < 1.29 is 32.4 Å². The van der Waals surface area contributed by atoms with E-state index in [1.54, 1.807) is 18.3 Å². The van der Waals surface area contributed by atoms with Gasteiger partial charge in [-0.3, -0.25) is 4.99 Å². The van der Waals surface area contributed by atoms with E-state index in [0.717, 1.165) is 27.8 Å². The molecule has 0 aliphatic carbocycles. The number of nitrogens with zero attached hydrogens (tertiary/aromatic N) is 2. The van der Waals surface area contributed by atoms with Crippen molar-refractivity contribution in [2.45, 2.75) is 40.8 Å². The number of rotatable bonds is 11. The minimum atomic E-state index is -0.311. The molecule has 6 nitrogen and oxygen atoms in total. The van der Waals surface area contributed by atoms with Crippen molar-refractivity contribution in [2.75, 3.05) is 19.6 Å². The summed E-state index contributed by atoms with van der Waals surface area (Å²) in [5, 5.41) is 38.8. The van der Waals surface area contributed by atoms with E-state index in [0.29, 0.717) is 38.3 Å². The number of nitrogens with one attached hydrogen (secondary N) is 1. The Morgan fingerprint density at radius 3 is 2.25 bits per heavy atom. The van der Waals surface area contributed by atoms with Gasteiger partial charge in [-0.15, -0.1) is 13.1 Å². The zero-order chi connectivity index (χ0) is 25.4. The Labute approximate surface area is 225 Å². The van der Waals surface area contributed by atoms with Gasteiger partial charge in [0.1, 0.15) is 17.2 Å². The maximum Gasteiger partial charge on any atom is 4.00 e. The van der Waals surface area contributed by atoms with Crippen LogP contribution in [-0.2, 0) is 30.2 Å². The van der Waals surface area contributed by atoms with Crippen molar-refractivity contribution in [3.63, 3.8) is 0 Å². The summed E-state index contributed by atoms with van der Waals surface area (Å²) in [6, 6.07) is 16.7. The van der Waals surface area contributed by atoms with Gasteiger partial charge in [0.25, 0.3) is 0 Å². The van der Waals surface area contributed by atoms with Gasteiger partial charge in [-0.05, 0) is 55.5 Å². The summed E-state index contributed by atoms with van der Waals surface area (Å²) >= 11 is 0. The van der Waals surface area contributed by atoms with E-state index in [4.69, 9.17) is 5.32 Å². The molecule has 0 aromatic heterocycles. The molecule has 0 amide bonds. The molecule has 190 valence electrons. The fourth-order valence-corrected chi connectivity index (χ4v) is 3.95. The van der Waals surface area contributed by atoms with Crippen molar-refractivity contribution in [3.05, 3.63) is 93.3 Å². The summed E-state index contributed by atoms with van der Waals surface area (Å²) in [6.07, 6.45) is 1.71. The smallest absolute Gasteiger partial charge is 0.658 e. The molecular formula is C29H36FeN3O3+3. The third-order valence-electron chi connectivity index (χ3n) is 6.09. The Morgan fingerprint density at radius 1 is 0.917 bits per heavy atom. The molecule has 3 aromatic carbocycles. The molecule has 0 radical (unpaired) electrons. The second-order valence-corrected chi connectivity index (χ2v) is 9.70. The second kappa shape index (κ2) is 13.5. The monoisotopic (exact) mass is 530 g/mol. The van der Waals surface area contributed by atoms with Crippen molar-refractivity contribution in [1.29, 1.82) is 0 Å². The number of aliphatic imine (C=N–C) groups is 1. The van der Waals surface area contributed by atoms with Gasteiger partial charge in [0.05, 0.1) is 0 Å². The SMILES string of the molecule is Cc1ccc(O)c(C[N-]CC(C)(CN=Cc2cccc(C)c2O)CNCc2cc(C)ccc2O)c1.[Fe+4]. The summed E-state index contributed by atoms with van der Waals surface area (Å²) in [5.41, 5.74) is 5.02. The molecule has 0 saturated carbocycles. The molecule has 0 heterocycles. The standard InChI is InChI=1S/C29H36N3O3.Fe/c1-20-8-10-26(33)24(12-20)15-31-18-29(4,17-30-14-23-7-5-6-22(3)28(23)35)19-32-16-25-13-21(2)9-11-27(25)34;/h5-14,31,33-35H,15-19H2,1-4H3;/q-1;+4. The molecule has 0 aliphatic heterocycles. The number of para-hydroxylation sites is 1. The minimum absolute atomic E-state index is 0. The first-order valence-corrected chi connectivity index (χ1v) is 11.9. The number of hydrogen-bond acceptors (Lipinski definition) is 5. The van der Waals surface area contributed by atoms with Crippen molar-refractivity contribution >= 4 is 6.21 Å². The van der Waals surface area contributed by atoms with Gasteiger partial charge in [0, 0.05) is 37.0 Å². The van der Waals surface area contributed by atoms with Crippen LogP contribution in [0.25, 0.3) is 5.32 Å². The fourth-order valence-electron chi connectivity index (χ4n) is 3.95. The van der Waals surface area contributed by atoms with Gasteiger partial charge in [-0.1, -0.05) is 54.4 Å². The topological polar surface area (TPSA) is 99.2 Å². The molecule has 0 saturated heterocycles. The average Bonchev–Trinajstić information content (AvgIpc) is 2.81. The maximum atomic E-state index is 10.3. The molecule has 3 rings (SSSR count). The second-order valence-electron chi connectivity index (χ2n) is 9.70. The Hall–Kier alpha value is -2.83. The van der Waals surface area contributed by atoms with Gasteiger partial charge < -0.3 is 26.0 Å². The van der Waals surface area contributed by atoms with Crippen LogP contribution in [0.1, 0.15) is 40.3 Å². The summed E-state index contributed by atoms with van der Waals surface area (Å²) in [6.45, 7) is 10.6. The largest absolute Gasteiger partial charge is 4.00 e. The van der Waals surface area contributed by atoms with Gasteiger partial charge in [0.2, 0.25) is 0 Å². The molecular weight excluding hydrogens is 494 g/mol. The summed E-state index contributed by atoms with van der Waals surface area (Å²) in [4.78, 5) is 4.65. The van der Waals surface area contributed by atoms with E-state index in [2.05, 4.69) is 17.2 Å². The number of aryl methyl sites for hydroxylation is 3. The fraction of sp³-hybridized carbons (Fsp3) is 0.345. The van der Waals surface area contributed by atoms with Crippen LogP contribution >= 0.6 is 0 Å². The molecule has 1 unspecified atom stereocenters. The van der Waals surface area contributed by atoms with Gasteiger partial charge in [-0.25, -0.2) is 0 Å². The molecule has 1 atom stereocenters. The molecule has 0 spiro atoms. The number of aromatic hydroxyl groups is 3. The zero-order valence-electron chi connectivity index (χ0n) is 21.4. The number of phenolic OH excluding ortho intramolecular Hbond substituents is 3. The normalized spacial score (nSPS) is 12.9. The Kier molecular flexibility index (Phi) is 11.0. The predicted molar refractivity (Wildman–Crippen MR) is 143 cm³/mol. The summed E-state index contributed by atoms with van der Waals surface area (Å²) in [7, 11) is 0. The first kappa shape index (κ1) is 29.4. The maximum absolute atomic E-state index is 10.3. The van der Waals surface area contributed by atoms with Crippen molar-refractivity contribution in [1.82, 2.24) is 5.32 Å². The van der Waals surface area contributed by atoms with E-state index < -0.39 is 0 Å². The third-order valence-corrected chi connectivity index (χ3v) is 6.09. The van der Waals surface area contributed by atoms with Crippen LogP contribution in [0, 0.1) is 26.2 Å². The van der Waals surface area contributed by atoms with Gasteiger partial charge in [-0.2, -0.15) is 0 Å². The predicted octanol–water partition coefficient (Wildman–Crippen LogP) is 5.52. The van der Waals surface area contributed by atoms with E-state index in [1.165, 1.54) is 0 Å². The van der Waals surface area contributed by atoms with Crippen molar-refractivity contribution in [3.8, 4) is 17.2 Å². The minimum Gasteiger partial charge on any atom is -0.658 e. The quantitative estimate of drug-likeness (QED) is 0.194. The molecule has 0 bridgehead atoms. The molecule has 4 N–H and O–H groups in total. The first-order valence-electron chi connectivity index (χ1n) is 11.9. The number of benzene rings is 3. The van der Waals surface area contributed by atoms with Gasteiger partial charge in [0.15, 0.2) is 0 Å². The van der Waals surface area contributed by atoms with Crippen LogP contribution in [-0.4, -0.2) is 41.2 Å². The summed E-state index contributed by atoms with van der Waals surface area (Å²) < 4.78 is 0. The van der Waals surface area contributed by atoms with E-state index in [1.807, 2.05) is 63.2 Å². The van der Waals surface area contributed by atoms with Crippen LogP contribution < -0.4 is 5.32 Å². The van der Waals surface area contributed by atoms with Crippen LogP contribution in [0.3, 0.4) is 0 Å². The average molecular weight is 530 g/mol. The number of hydrogen-bond donors (Lipinski definition) is 4. The van der Waals surface area contributed by atoms with Crippen LogP contribution in [0.4, 0.5) is 0 Å². The van der Waals surface area contributed by atoms with Crippen LogP contribution in [0.5, 0.6) is 17.2 Å². The third kappa shape index (κ3) is 8.38. The van der Waals surface area contributed by atoms with Gasteiger partial charge >= 0.3 is 17.1 Å². The molecule has 7 heteroatoms. The van der Waals surface area contributed by atoms with Crippen molar-refractivity contribution in [2.24, 2.45) is 10.4 Å². The summed E-state index contributed by atoms with van der Waals surface area (Å²) in [5.74, 6) is 0.769. The van der Waals surface area contributed by atoms with E-state index >= 15 is 0 Å². The molecule has 3 aromatic rings. The Morgan fingerprint density at radius 2 is 1.56 bits per heavy atom. The Balaban J connectivity index is 0.00000456. The van der Waals surface area contributed by atoms with Crippen LogP contribution in [0.2, 0.25) is 0 Å².